The molecule has 0 aliphatic carbocycles. The Hall–Kier alpha value is -0.410. The number of ketones is 1. The van der Waals surface area contributed by atoms with Crippen LogP contribution >= 0.6 is 0 Å². The van der Waals surface area contributed by atoms with Crippen molar-refractivity contribution < 1.29 is 9.90 Å². The van der Waals surface area contributed by atoms with Crippen molar-refractivity contribution in [2.45, 2.75) is 64.6 Å². The Balaban J connectivity index is 2.92. The van der Waals surface area contributed by atoms with Crippen LogP contribution in [-0.2, 0) is 4.79 Å². The van der Waals surface area contributed by atoms with E-state index in [0.717, 1.165) is 12.8 Å². The molecule has 0 bridgehead atoms. The largest absolute Gasteiger partial charge is 0.393 e. The molecule has 0 aromatic heterocycles. The third kappa shape index (κ3) is 2.79. The number of rotatable bonds is 2. The predicted molar refractivity (Wildman–Crippen MR) is 60.8 cm³/mol. The van der Waals surface area contributed by atoms with Gasteiger partial charge >= 0.3 is 0 Å². The van der Waals surface area contributed by atoms with Crippen LogP contribution in [0.4, 0.5) is 0 Å². The Morgan fingerprint density at radius 1 is 1.27 bits per heavy atom. The van der Waals surface area contributed by atoms with E-state index in [4.69, 9.17) is 0 Å². The van der Waals surface area contributed by atoms with E-state index in [9.17, 15) is 9.90 Å². The lowest BCUT2D eigenvalue weighted by molar-refractivity contribution is -0.128. The highest BCUT2D eigenvalue weighted by atomic mass is 16.3. The molecule has 0 spiro atoms. The summed E-state index contributed by atoms with van der Waals surface area (Å²) in [6.45, 7) is 10.5. The standard InChI is InChI=1S/C12H23NO2/c1-9(14)8-13-11(2,3)6-10(15)7-12(13,4)5/h10,15H,6-8H2,1-5H3. The van der Waals surface area contributed by atoms with Gasteiger partial charge in [0.15, 0.2) is 0 Å². The zero-order valence-corrected chi connectivity index (χ0v) is 10.5. The lowest BCUT2D eigenvalue weighted by Gasteiger charge is -2.54. The van der Waals surface area contributed by atoms with Crippen LogP contribution in [-0.4, -0.2) is 39.5 Å². The average molecular weight is 213 g/mol. The minimum absolute atomic E-state index is 0.104. The summed E-state index contributed by atoms with van der Waals surface area (Å²) in [6.07, 6.45) is 1.23. The fourth-order valence-corrected chi connectivity index (χ4v) is 2.92. The van der Waals surface area contributed by atoms with Crippen LogP contribution in [0, 0.1) is 0 Å². The fourth-order valence-electron chi connectivity index (χ4n) is 2.92. The number of likely N-dealkylation sites (tertiary alicyclic amines) is 1. The third-order valence-electron chi connectivity index (χ3n) is 3.31. The first kappa shape index (κ1) is 12.7. The van der Waals surface area contributed by atoms with E-state index >= 15 is 0 Å². The van der Waals surface area contributed by atoms with Crippen LogP contribution in [0.25, 0.3) is 0 Å². The van der Waals surface area contributed by atoms with Crippen molar-refractivity contribution in [1.29, 1.82) is 0 Å². The van der Waals surface area contributed by atoms with Gasteiger partial charge in [-0.1, -0.05) is 0 Å². The summed E-state index contributed by atoms with van der Waals surface area (Å²) in [5.41, 5.74) is -0.209. The van der Waals surface area contributed by atoms with Crippen LogP contribution in [0.15, 0.2) is 0 Å². The zero-order chi connectivity index (χ0) is 11.9. The summed E-state index contributed by atoms with van der Waals surface area (Å²) in [4.78, 5) is 13.5. The Morgan fingerprint density at radius 3 is 2.00 bits per heavy atom. The van der Waals surface area contributed by atoms with Crippen LogP contribution in [0.5, 0.6) is 0 Å². The van der Waals surface area contributed by atoms with Gasteiger partial charge < -0.3 is 5.11 Å². The lowest BCUT2D eigenvalue weighted by atomic mass is 9.78. The summed E-state index contributed by atoms with van der Waals surface area (Å²) >= 11 is 0. The normalized spacial score (nSPS) is 26.5. The minimum Gasteiger partial charge on any atom is -0.393 e. The number of aliphatic hydroxyl groups excluding tert-OH is 1. The summed E-state index contributed by atoms with van der Waals surface area (Å²) < 4.78 is 0. The van der Waals surface area contributed by atoms with E-state index in [1.54, 1.807) is 6.92 Å². The lowest BCUT2D eigenvalue weighted by Crippen LogP contribution is -2.62. The van der Waals surface area contributed by atoms with Crippen LogP contribution < -0.4 is 0 Å². The van der Waals surface area contributed by atoms with Crippen LogP contribution in [0.3, 0.4) is 0 Å². The van der Waals surface area contributed by atoms with Crippen molar-refractivity contribution in [3.63, 3.8) is 0 Å². The highest BCUT2D eigenvalue weighted by Crippen LogP contribution is 2.37. The number of hydrogen-bond donors (Lipinski definition) is 1. The van der Waals surface area contributed by atoms with E-state index in [1.807, 2.05) is 0 Å². The molecule has 3 nitrogen and oxygen atoms in total. The second kappa shape index (κ2) is 3.87. The number of nitrogens with zero attached hydrogens (tertiary/aromatic N) is 1. The highest BCUT2D eigenvalue weighted by Gasteiger charge is 2.44. The van der Waals surface area contributed by atoms with E-state index in [1.165, 1.54) is 0 Å². The first-order valence-corrected chi connectivity index (χ1v) is 5.60. The Labute approximate surface area is 92.5 Å². The molecule has 0 aromatic rings. The van der Waals surface area contributed by atoms with Gasteiger partial charge in [-0.15, -0.1) is 0 Å². The molecule has 0 amide bonds. The molecule has 15 heavy (non-hydrogen) atoms. The monoisotopic (exact) mass is 213 g/mol. The quantitative estimate of drug-likeness (QED) is 0.757. The summed E-state index contributed by atoms with van der Waals surface area (Å²) in [6, 6.07) is 0. The number of carbonyl (C=O) groups is 1. The van der Waals surface area contributed by atoms with Gasteiger partial charge in [0.25, 0.3) is 0 Å². The molecular formula is C12H23NO2. The van der Waals surface area contributed by atoms with Gasteiger partial charge in [-0.2, -0.15) is 0 Å². The number of Topliss-reactive ketones (excluding diaryl/α,β-unsaturated/α-hetero) is 1. The van der Waals surface area contributed by atoms with Crippen molar-refractivity contribution in [3.8, 4) is 0 Å². The number of carbonyl (C=O) groups excluding carboxylic acids is 1. The molecule has 88 valence electrons. The minimum atomic E-state index is -0.252. The molecule has 1 aliphatic heterocycles. The van der Waals surface area contributed by atoms with E-state index in [-0.39, 0.29) is 23.0 Å². The number of piperidine rings is 1. The van der Waals surface area contributed by atoms with Gasteiger partial charge in [0.1, 0.15) is 5.78 Å². The summed E-state index contributed by atoms with van der Waals surface area (Å²) in [5.74, 6) is 0.188. The first-order chi connectivity index (χ1) is 6.65. The third-order valence-corrected chi connectivity index (χ3v) is 3.31. The topological polar surface area (TPSA) is 40.5 Å². The smallest absolute Gasteiger partial charge is 0.143 e. The van der Waals surface area contributed by atoms with Crippen molar-refractivity contribution in [3.05, 3.63) is 0 Å². The second-order valence-corrected chi connectivity index (χ2v) is 5.98. The maximum atomic E-state index is 11.3. The molecule has 0 aromatic carbocycles. The molecule has 1 heterocycles. The highest BCUT2D eigenvalue weighted by molar-refractivity contribution is 5.77. The number of aliphatic hydroxyl groups is 1. The van der Waals surface area contributed by atoms with Crippen LogP contribution in [0.1, 0.15) is 47.5 Å². The molecule has 1 fully saturated rings. The molecule has 1 rings (SSSR count). The Kier molecular flexibility index (Phi) is 3.27. The Morgan fingerprint density at radius 2 is 1.67 bits per heavy atom. The second-order valence-electron chi connectivity index (χ2n) is 5.98. The van der Waals surface area contributed by atoms with Gasteiger partial charge in [0.2, 0.25) is 0 Å². The molecule has 1 N–H and O–H groups in total. The van der Waals surface area contributed by atoms with E-state index in [2.05, 4.69) is 32.6 Å². The molecule has 0 saturated carbocycles. The van der Waals surface area contributed by atoms with Crippen molar-refractivity contribution in [1.82, 2.24) is 4.90 Å². The Bertz CT molecular complexity index is 240. The molecule has 3 heteroatoms. The molecular weight excluding hydrogens is 190 g/mol. The van der Waals surface area contributed by atoms with Gasteiger partial charge in [0, 0.05) is 11.1 Å². The number of hydrogen-bond acceptors (Lipinski definition) is 3. The van der Waals surface area contributed by atoms with Gasteiger partial charge in [-0.25, -0.2) is 0 Å². The summed E-state index contributed by atoms with van der Waals surface area (Å²) in [5, 5.41) is 9.82. The van der Waals surface area contributed by atoms with E-state index < -0.39 is 0 Å². The molecule has 1 aliphatic rings. The molecule has 1 saturated heterocycles. The maximum Gasteiger partial charge on any atom is 0.143 e. The van der Waals surface area contributed by atoms with Gasteiger partial charge in [0.05, 0.1) is 12.6 Å². The SMILES string of the molecule is CC(=O)CN1C(C)(C)CC(O)CC1(C)C. The van der Waals surface area contributed by atoms with Crippen LogP contribution in [0.2, 0.25) is 0 Å². The zero-order valence-electron chi connectivity index (χ0n) is 10.5. The summed E-state index contributed by atoms with van der Waals surface area (Å²) in [7, 11) is 0. The molecule has 0 radical (unpaired) electrons. The van der Waals surface area contributed by atoms with Gasteiger partial charge in [-0.05, 0) is 47.5 Å². The van der Waals surface area contributed by atoms with Crippen molar-refractivity contribution in [2.24, 2.45) is 0 Å². The first-order valence-electron chi connectivity index (χ1n) is 5.60. The molecule has 0 unspecified atom stereocenters. The van der Waals surface area contributed by atoms with Crippen molar-refractivity contribution >= 4 is 5.78 Å². The van der Waals surface area contributed by atoms with Crippen molar-refractivity contribution in [2.75, 3.05) is 6.54 Å². The maximum absolute atomic E-state index is 11.3. The average Bonchev–Trinajstić information content (AvgIpc) is 1.94. The van der Waals surface area contributed by atoms with Gasteiger partial charge in [-0.3, -0.25) is 9.69 Å². The predicted octanol–water partition coefficient (Wildman–Crippen LogP) is 1.59. The fraction of sp³-hybridized carbons (Fsp3) is 0.917. The van der Waals surface area contributed by atoms with E-state index in [0.29, 0.717) is 6.54 Å². The molecule has 0 atom stereocenters.